The molecule has 0 radical (unpaired) electrons. The molecule has 0 aliphatic rings. The van der Waals surface area contributed by atoms with Gasteiger partial charge < -0.3 is 10.3 Å². The zero-order chi connectivity index (χ0) is 14.4. The highest BCUT2D eigenvalue weighted by Crippen LogP contribution is 2.09. The molecular weight excluding hydrogens is 280 g/mol. The molecular formula is C12H14N4O3S. The van der Waals surface area contributed by atoms with Gasteiger partial charge in [0.15, 0.2) is 0 Å². The van der Waals surface area contributed by atoms with E-state index < -0.39 is 11.3 Å². The number of rotatable bonds is 6. The quantitative estimate of drug-likeness (QED) is 0.594. The van der Waals surface area contributed by atoms with E-state index in [4.69, 9.17) is 4.55 Å². The van der Waals surface area contributed by atoms with Crippen LogP contribution in [-0.2, 0) is 17.7 Å². The van der Waals surface area contributed by atoms with Gasteiger partial charge in [0.2, 0.25) is 0 Å². The molecule has 1 heterocycles. The molecule has 106 valence electrons. The Morgan fingerprint density at radius 1 is 1.35 bits per heavy atom. The van der Waals surface area contributed by atoms with Crippen molar-refractivity contribution < 1.29 is 13.6 Å². The fourth-order valence-corrected chi connectivity index (χ4v) is 1.96. The zero-order valence-corrected chi connectivity index (χ0v) is 11.3. The average Bonchev–Trinajstić information content (AvgIpc) is 2.92. The summed E-state index contributed by atoms with van der Waals surface area (Å²) in [4.78, 5) is 18.7. The molecule has 0 saturated carbocycles. The fraction of sp³-hybridized carbons (Fsp3) is 0.167. The van der Waals surface area contributed by atoms with Crippen molar-refractivity contribution in [2.45, 2.75) is 6.42 Å². The lowest BCUT2D eigenvalue weighted by molar-refractivity contribution is 0.0954. The summed E-state index contributed by atoms with van der Waals surface area (Å²) in [5.74, 6) is -0.193. The zero-order valence-electron chi connectivity index (χ0n) is 10.5. The van der Waals surface area contributed by atoms with Gasteiger partial charge in [0.05, 0.1) is 6.33 Å². The number of imidazole rings is 1. The number of H-pyrrole nitrogens is 1. The SMILES string of the molecule is O=C(NCCc1cnc[nH]1)c1ccc(NS(=O)O)cc1. The average molecular weight is 294 g/mol. The van der Waals surface area contributed by atoms with Gasteiger partial charge in [-0.1, -0.05) is 0 Å². The van der Waals surface area contributed by atoms with Crippen LogP contribution < -0.4 is 10.0 Å². The smallest absolute Gasteiger partial charge is 0.259 e. The van der Waals surface area contributed by atoms with Gasteiger partial charge in [-0.15, -0.1) is 0 Å². The van der Waals surface area contributed by atoms with Crippen LogP contribution in [-0.4, -0.2) is 31.2 Å². The normalized spacial score (nSPS) is 11.8. The van der Waals surface area contributed by atoms with Crippen LogP contribution in [0.25, 0.3) is 0 Å². The van der Waals surface area contributed by atoms with Crippen molar-refractivity contribution in [1.82, 2.24) is 15.3 Å². The Kier molecular flexibility index (Phi) is 4.85. The van der Waals surface area contributed by atoms with E-state index >= 15 is 0 Å². The lowest BCUT2D eigenvalue weighted by Gasteiger charge is -2.05. The molecule has 1 aromatic carbocycles. The van der Waals surface area contributed by atoms with Crippen molar-refractivity contribution in [2.75, 3.05) is 11.3 Å². The van der Waals surface area contributed by atoms with Crippen LogP contribution in [0.5, 0.6) is 0 Å². The third-order valence-electron chi connectivity index (χ3n) is 2.59. The molecule has 1 atom stereocenters. The number of anilines is 1. The predicted molar refractivity (Wildman–Crippen MR) is 75.5 cm³/mol. The van der Waals surface area contributed by atoms with E-state index in [1.165, 1.54) is 0 Å². The maximum absolute atomic E-state index is 11.8. The Labute approximate surface area is 118 Å². The van der Waals surface area contributed by atoms with Crippen molar-refractivity contribution in [3.05, 3.63) is 48.0 Å². The molecule has 0 fully saturated rings. The molecule has 0 bridgehead atoms. The second kappa shape index (κ2) is 6.83. The molecule has 2 rings (SSSR count). The number of carbonyl (C=O) groups excluding carboxylic acids is 1. The fourth-order valence-electron chi connectivity index (χ4n) is 1.62. The lowest BCUT2D eigenvalue weighted by atomic mass is 10.2. The number of hydrogen-bond donors (Lipinski definition) is 4. The summed E-state index contributed by atoms with van der Waals surface area (Å²) in [5, 5.41) is 2.78. The molecule has 2 aromatic rings. The number of aromatic nitrogens is 2. The molecule has 0 aliphatic carbocycles. The van der Waals surface area contributed by atoms with E-state index in [0.29, 0.717) is 24.2 Å². The van der Waals surface area contributed by atoms with Gasteiger partial charge in [-0.25, -0.2) is 9.19 Å². The van der Waals surface area contributed by atoms with E-state index in [-0.39, 0.29) is 5.91 Å². The summed E-state index contributed by atoms with van der Waals surface area (Å²) in [7, 11) is 0. The number of aromatic amines is 1. The van der Waals surface area contributed by atoms with Gasteiger partial charge in [0, 0.05) is 36.1 Å². The monoisotopic (exact) mass is 294 g/mol. The third kappa shape index (κ3) is 4.18. The number of carbonyl (C=O) groups is 1. The molecule has 1 aromatic heterocycles. The van der Waals surface area contributed by atoms with E-state index in [0.717, 1.165) is 5.69 Å². The Balaban J connectivity index is 1.84. The minimum atomic E-state index is -2.12. The number of nitrogens with zero attached hydrogens (tertiary/aromatic N) is 1. The summed E-state index contributed by atoms with van der Waals surface area (Å²) < 4.78 is 21.5. The van der Waals surface area contributed by atoms with Crippen LogP contribution in [0, 0.1) is 0 Å². The maximum atomic E-state index is 11.8. The van der Waals surface area contributed by atoms with Crippen molar-refractivity contribution >= 4 is 22.9 Å². The molecule has 4 N–H and O–H groups in total. The molecule has 8 heteroatoms. The minimum absolute atomic E-state index is 0.193. The maximum Gasteiger partial charge on any atom is 0.259 e. The van der Waals surface area contributed by atoms with Crippen molar-refractivity contribution in [1.29, 1.82) is 0 Å². The van der Waals surface area contributed by atoms with Gasteiger partial charge in [-0.2, -0.15) is 0 Å². The van der Waals surface area contributed by atoms with Gasteiger partial charge in [-0.3, -0.25) is 14.1 Å². The second-order valence-corrected chi connectivity index (χ2v) is 4.71. The Hall–Kier alpha value is -2.19. The van der Waals surface area contributed by atoms with Crippen molar-refractivity contribution in [2.24, 2.45) is 0 Å². The Morgan fingerprint density at radius 2 is 2.10 bits per heavy atom. The largest absolute Gasteiger partial charge is 0.352 e. The molecule has 0 saturated heterocycles. The Morgan fingerprint density at radius 3 is 2.70 bits per heavy atom. The number of amides is 1. The van der Waals surface area contributed by atoms with E-state index in [2.05, 4.69) is 20.0 Å². The molecule has 7 nitrogen and oxygen atoms in total. The number of benzene rings is 1. The molecule has 1 unspecified atom stereocenters. The first-order chi connectivity index (χ1) is 9.65. The van der Waals surface area contributed by atoms with Gasteiger partial charge >= 0.3 is 0 Å². The van der Waals surface area contributed by atoms with E-state index in [1.54, 1.807) is 36.8 Å². The highest BCUT2D eigenvalue weighted by atomic mass is 32.2. The van der Waals surface area contributed by atoms with Gasteiger partial charge in [0.1, 0.15) is 0 Å². The molecule has 20 heavy (non-hydrogen) atoms. The summed E-state index contributed by atoms with van der Waals surface area (Å²) in [6.45, 7) is 0.502. The minimum Gasteiger partial charge on any atom is -0.352 e. The summed E-state index contributed by atoms with van der Waals surface area (Å²) in [6, 6.07) is 6.30. The topological polar surface area (TPSA) is 107 Å². The van der Waals surface area contributed by atoms with Crippen molar-refractivity contribution in [3.63, 3.8) is 0 Å². The van der Waals surface area contributed by atoms with Crippen LogP contribution in [0.3, 0.4) is 0 Å². The highest BCUT2D eigenvalue weighted by molar-refractivity contribution is 7.80. The Bertz CT molecular complexity index is 583. The highest BCUT2D eigenvalue weighted by Gasteiger charge is 2.05. The summed E-state index contributed by atoms with van der Waals surface area (Å²) >= 11 is -2.12. The lowest BCUT2D eigenvalue weighted by Crippen LogP contribution is -2.25. The first-order valence-electron chi connectivity index (χ1n) is 5.88. The number of nitrogens with one attached hydrogen (secondary N) is 3. The number of hydrogen-bond acceptors (Lipinski definition) is 3. The van der Waals surface area contributed by atoms with Crippen LogP contribution in [0.2, 0.25) is 0 Å². The summed E-state index contributed by atoms with van der Waals surface area (Å²) in [5.41, 5.74) is 1.92. The standard InChI is InChI=1S/C12H14N4O3S/c17-12(14-6-5-11-7-13-8-15-11)9-1-3-10(4-2-9)16-20(18)19/h1-4,7-8,16H,5-6H2,(H,13,15)(H,14,17)(H,18,19). The summed E-state index contributed by atoms with van der Waals surface area (Å²) in [6.07, 6.45) is 3.98. The van der Waals surface area contributed by atoms with Gasteiger partial charge in [0.25, 0.3) is 17.2 Å². The third-order valence-corrected chi connectivity index (χ3v) is 3.00. The van der Waals surface area contributed by atoms with Crippen LogP contribution in [0.15, 0.2) is 36.8 Å². The van der Waals surface area contributed by atoms with E-state index in [1.807, 2.05) is 0 Å². The van der Waals surface area contributed by atoms with Crippen LogP contribution in [0.1, 0.15) is 16.1 Å². The predicted octanol–water partition coefficient (Wildman–Crippen LogP) is 0.931. The molecule has 0 aliphatic heterocycles. The van der Waals surface area contributed by atoms with Crippen LogP contribution >= 0.6 is 0 Å². The van der Waals surface area contributed by atoms with Crippen LogP contribution in [0.4, 0.5) is 5.69 Å². The van der Waals surface area contributed by atoms with Gasteiger partial charge in [-0.05, 0) is 24.3 Å². The van der Waals surface area contributed by atoms with E-state index in [9.17, 15) is 9.00 Å². The second-order valence-electron chi connectivity index (χ2n) is 4.01. The molecule has 1 amide bonds. The van der Waals surface area contributed by atoms with Crippen molar-refractivity contribution in [3.8, 4) is 0 Å². The first-order valence-corrected chi connectivity index (χ1v) is 6.99. The first kappa shape index (κ1) is 14.2. The molecule has 0 spiro atoms.